The van der Waals surface area contributed by atoms with Crippen LogP contribution in [0.2, 0.25) is 0 Å². The molecule has 0 aromatic heterocycles. The Labute approximate surface area is 109 Å². The average molecular weight is 267 g/mol. The average Bonchev–Trinajstić information content (AvgIpc) is 2.29. The van der Waals surface area contributed by atoms with Gasteiger partial charge in [0.25, 0.3) is 0 Å². The molecule has 0 fully saturated rings. The van der Waals surface area contributed by atoms with Gasteiger partial charge in [-0.25, -0.2) is 0 Å². The maximum atomic E-state index is 5.64. The standard InChI is InChI=1S/C10H22N4O2.ClH/c1-15-7-3-5-13-9(11)10(12)14-6-4-8-16-2;/h3-8H2,1-2H3,(H2,11,13)(H2,12,14);1H. The van der Waals surface area contributed by atoms with Gasteiger partial charge in [0.15, 0.2) is 11.7 Å². The smallest absolute Gasteiger partial charge is 0.161 e. The molecule has 0 aromatic rings. The van der Waals surface area contributed by atoms with E-state index < -0.39 is 0 Å². The lowest BCUT2D eigenvalue weighted by molar-refractivity contribution is 0.197. The normalized spacial score (nSPS) is 12.4. The number of halogens is 1. The van der Waals surface area contributed by atoms with Gasteiger partial charge in [0.1, 0.15) is 0 Å². The Morgan fingerprint density at radius 2 is 1.24 bits per heavy atom. The van der Waals surface area contributed by atoms with Crippen molar-refractivity contribution in [2.75, 3.05) is 40.5 Å². The second-order valence-electron chi connectivity index (χ2n) is 3.23. The first-order valence-electron chi connectivity index (χ1n) is 5.30. The van der Waals surface area contributed by atoms with E-state index in [0.29, 0.717) is 38.0 Å². The van der Waals surface area contributed by atoms with Crippen LogP contribution in [0.15, 0.2) is 9.98 Å². The molecule has 17 heavy (non-hydrogen) atoms. The van der Waals surface area contributed by atoms with Crippen LogP contribution >= 0.6 is 12.4 Å². The molecule has 0 saturated heterocycles. The van der Waals surface area contributed by atoms with Crippen molar-refractivity contribution in [3.63, 3.8) is 0 Å². The number of methoxy groups -OCH3 is 2. The van der Waals surface area contributed by atoms with Crippen molar-refractivity contribution in [2.45, 2.75) is 12.8 Å². The highest BCUT2D eigenvalue weighted by Gasteiger charge is 1.97. The Morgan fingerprint density at radius 1 is 0.882 bits per heavy atom. The molecule has 7 heteroatoms. The van der Waals surface area contributed by atoms with Crippen molar-refractivity contribution >= 4 is 24.1 Å². The van der Waals surface area contributed by atoms with E-state index in [1.807, 2.05) is 0 Å². The second-order valence-corrected chi connectivity index (χ2v) is 3.23. The van der Waals surface area contributed by atoms with Crippen LogP contribution in [0.1, 0.15) is 12.8 Å². The monoisotopic (exact) mass is 266 g/mol. The Kier molecular flexibility index (Phi) is 14.4. The molecule has 0 spiro atoms. The third kappa shape index (κ3) is 11.4. The zero-order valence-corrected chi connectivity index (χ0v) is 11.3. The molecular formula is C10H23ClN4O2. The van der Waals surface area contributed by atoms with Crippen LogP contribution in [0.5, 0.6) is 0 Å². The Balaban J connectivity index is 0. The summed E-state index contributed by atoms with van der Waals surface area (Å²) >= 11 is 0. The van der Waals surface area contributed by atoms with E-state index in [1.165, 1.54) is 0 Å². The van der Waals surface area contributed by atoms with E-state index >= 15 is 0 Å². The molecule has 0 amide bonds. The summed E-state index contributed by atoms with van der Waals surface area (Å²) in [5.74, 6) is 0.599. The van der Waals surface area contributed by atoms with Crippen molar-refractivity contribution in [1.29, 1.82) is 0 Å². The molecule has 0 radical (unpaired) electrons. The van der Waals surface area contributed by atoms with Gasteiger partial charge >= 0.3 is 0 Å². The van der Waals surface area contributed by atoms with Crippen molar-refractivity contribution in [2.24, 2.45) is 21.5 Å². The fraction of sp³-hybridized carbons (Fsp3) is 0.800. The minimum Gasteiger partial charge on any atom is -0.385 e. The summed E-state index contributed by atoms with van der Waals surface area (Å²) in [5.41, 5.74) is 11.3. The number of ether oxygens (including phenoxy) is 2. The molecule has 0 aliphatic heterocycles. The van der Waals surface area contributed by atoms with Gasteiger partial charge in [0.05, 0.1) is 0 Å². The van der Waals surface area contributed by atoms with Gasteiger partial charge in [-0.3, -0.25) is 9.98 Å². The number of amidine groups is 2. The number of nitrogens with zero attached hydrogens (tertiary/aromatic N) is 2. The first-order chi connectivity index (χ1) is 7.72. The highest BCUT2D eigenvalue weighted by molar-refractivity contribution is 6.39. The fourth-order valence-electron chi connectivity index (χ4n) is 0.979. The molecular weight excluding hydrogens is 244 g/mol. The van der Waals surface area contributed by atoms with Crippen LogP contribution in [-0.4, -0.2) is 52.2 Å². The maximum absolute atomic E-state index is 5.64. The topological polar surface area (TPSA) is 95.2 Å². The molecule has 102 valence electrons. The summed E-state index contributed by atoms with van der Waals surface area (Å²) in [7, 11) is 3.30. The van der Waals surface area contributed by atoms with Gasteiger partial charge in [0.2, 0.25) is 0 Å². The van der Waals surface area contributed by atoms with Crippen LogP contribution in [-0.2, 0) is 9.47 Å². The minimum absolute atomic E-state index is 0. The first kappa shape index (κ1) is 18.5. The maximum Gasteiger partial charge on any atom is 0.161 e. The van der Waals surface area contributed by atoms with E-state index in [4.69, 9.17) is 20.9 Å². The van der Waals surface area contributed by atoms with Gasteiger partial charge in [-0.2, -0.15) is 0 Å². The molecule has 0 rings (SSSR count). The van der Waals surface area contributed by atoms with Crippen LogP contribution in [0, 0.1) is 0 Å². The van der Waals surface area contributed by atoms with Crippen LogP contribution in [0.3, 0.4) is 0 Å². The number of hydrogen-bond donors (Lipinski definition) is 2. The molecule has 0 unspecified atom stereocenters. The van der Waals surface area contributed by atoms with Gasteiger partial charge < -0.3 is 20.9 Å². The summed E-state index contributed by atoms with van der Waals surface area (Å²) in [4.78, 5) is 8.18. The largest absolute Gasteiger partial charge is 0.385 e. The molecule has 6 nitrogen and oxygen atoms in total. The van der Waals surface area contributed by atoms with Crippen LogP contribution in [0.25, 0.3) is 0 Å². The summed E-state index contributed by atoms with van der Waals surface area (Å²) in [6.45, 7) is 2.55. The van der Waals surface area contributed by atoms with Gasteiger partial charge in [-0.15, -0.1) is 12.4 Å². The predicted molar refractivity (Wildman–Crippen MR) is 73.2 cm³/mol. The summed E-state index contributed by atoms with van der Waals surface area (Å²) in [6, 6.07) is 0. The Hall–Kier alpha value is -0.850. The molecule has 0 bridgehead atoms. The lowest BCUT2D eigenvalue weighted by Crippen LogP contribution is -2.32. The lowest BCUT2D eigenvalue weighted by Gasteiger charge is -2.01. The van der Waals surface area contributed by atoms with E-state index in [9.17, 15) is 0 Å². The molecule has 0 saturated carbocycles. The third-order valence-corrected chi connectivity index (χ3v) is 1.84. The SMILES string of the molecule is COCCCN=C(N)C(N)=NCCCOC.Cl. The van der Waals surface area contributed by atoms with E-state index in [-0.39, 0.29) is 12.4 Å². The fourth-order valence-corrected chi connectivity index (χ4v) is 0.979. The first-order valence-corrected chi connectivity index (χ1v) is 5.30. The van der Waals surface area contributed by atoms with Crippen molar-refractivity contribution in [1.82, 2.24) is 0 Å². The number of rotatable bonds is 8. The van der Waals surface area contributed by atoms with Gasteiger partial charge in [-0.1, -0.05) is 0 Å². The summed E-state index contributed by atoms with van der Waals surface area (Å²) in [5, 5.41) is 0. The molecule has 4 N–H and O–H groups in total. The Bertz CT molecular complexity index is 210. The molecule has 0 aromatic carbocycles. The molecule has 0 heterocycles. The van der Waals surface area contributed by atoms with Crippen molar-refractivity contribution < 1.29 is 9.47 Å². The molecule has 0 aliphatic rings. The minimum atomic E-state index is 0. The quantitative estimate of drug-likeness (QED) is 0.373. The zero-order chi connectivity index (χ0) is 12.2. The van der Waals surface area contributed by atoms with Crippen LogP contribution < -0.4 is 11.5 Å². The van der Waals surface area contributed by atoms with Crippen LogP contribution in [0.4, 0.5) is 0 Å². The van der Waals surface area contributed by atoms with Crippen molar-refractivity contribution in [3.05, 3.63) is 0 Å². The molecule has 0 aliphatic carbocycles. The predicted octanol–water partition coefficient (Wildman–Crippen LogP) is 0.196. The van der Waals surface area contributed by atoms with Crippen molar-refractivity contribution in [3.8, 4) is 0 Å². The van der Waals surface area contributed by atoms with E-state index in [1.54, 1.807) is 14.2 Å². The number of aliphatic imine (C=N–C) groups is 2. The van der Waals surface area contributed by atoms with E-state index in [2.05, 4.69) is 9.98 Å². The number of nitrogens with two attached hydrogens (primary N) is 2. The molecule has 0 atom stereocenters. The second kappa shape index (κ2) is 13.2. The highest BCUT2D eigenvalue weighted by atomic mass is 35.5. The summed E-state index contributed by atoms with van der Waals surface area (Å²) < 4.78 is 9.78. The van der Waals surface area contributed by atoms with Gasteiger partial charge in [-0.05, 0) is 12.8 Å². The number of hydrogen-bond acceptors (Lipinski definition) is 4. The van der Waals surface area contributed by atoms with Gasteiger partial charge in [0, 0.05) is 40.5 Å². The summed E-state index contributed by atoms with van der Waals surface area (Å²) in [6.07, 6.45) is 1.66. The third-order valence-electron chi connectivity index (χ3n) is 1.84. The Morgan fingerprint density at radius 3 is 1.53 bits per heavy atom. The highest BCUT2D eigenvalue weighted by Crippen LogP contribution is 1.85. The zero-order valence-electron chi connectivity index (χ0n) is 10.5. The van der Waals surface area contributed by atoms with E-state index in [0.717, 1.165) is 12.8 Å². The lowest BCUT2D eigenvalue weighted by atomic mass is 10.4.